The monoisotopic (exact) mass is 311 g/mol. The maximum atomic E-state index is 11.3. The summed E-state index contributed by atoms with van der Waals surface area (Å²) >= 11 is 6.04. The topological polar surface area (TPSA) is 69.4 Å². The predicted molar refractivity (Wildman–Crippen MR) is 79.7 cm³/mol. The number of anilines is 1. The highest BCUT2D eigenvalue weighted by molar-refractivity contribution is 7.90. The quantitative estimate of drug-likeness (QED) is 0.881. The van der Waals surface area contributed by atoms with Crippen molar-refractivity contribution < 1.29 is 13.2 Å². The van der Waals surface area contributed by atoms with Crippen molar-refractivity contribution in [1.82, 2.24) is 0 Å². The molecule has 4 nitrogen and oxygen atoms in total. The van der Waals surface area contributed by atoms with Crippen LogP contribution in [-0.4, -0.2) is 14.7 Å². The lowest BCUT2D eigenvalue weighted by Gasteiger charge is -2.10. The largest absolute Gasteiger partial charge is 0.489 e. The molecule has 0 aliphatic rings. The zero-order chi connectivity index (χ0) is 14.8. The lowest BCUT2D eigenvalue weighted by Crippen LogP contribution is -2.01. The van der Waals surface area contributed by atoms with Crippen molar-refractivity contribution in [2.45, 2.75) is 11.5 Å². The fourth-order valence-corrected chi connectivity index (χ4v) is 2.53. The Labute approximate surface area is 123 Å². The second-order valence-corrected chi connectivity index (χ2v) is 6.76. The summed E-state index contributed by atoms with van der Waals surface area (Å²) in [7, 11) is -3.20. The number of halogens is 1. The summed E-state index contributed by atoms with van der Waals surface area (Å²) in [6, 6.07) is 11.5. The molecule has 0 aliphatic heterocycles. The number of rotatable bonds is 4. The van der Waals surface area contributed by atoms with E-state index in [0.717, 1.165) is 6.26 Å². The van der Waals surface area contributed by atoms with Gasteiger partial charge in [-0.15, -0.1) is 0 Å². The average Bonchev–Trinajstić information content (AvgIpc) is 2.37. The first-order valence-electron chi connectivity index (χ1n) is 5.84. The molecule has 0 bridgehead atoms. The Hall–Kier alpha value is -1.72. The van der Waals surface area contributed by atoms with E-state index >= 15 is 0 Å². The molecule has 0 saturated heterocycles. The van der Waals surface area contributed by atoms with Crippen LogP contribution >= 0.6 is 11.6 Å². The van der Waals surface area contributed by atoms with E-state index in [1.165, 1.54) is 12.1 Å². The first-order chi connectivity index (χ1) is 9.38. The molecule has 0 aromatic heterocycles. The minimum Gasteiger partial charge on any atom is -0.489 e. The fourth-order valence-electron chi connectivity index (χ4n) is 1.67. The van der Waals surface area contributed by atoms with E-state index in [-0.39, 0.29) is 11.5 Å². The molecule has 0 unspecified atom stereocenters. The highest BCUT2D eigenvalue weighted by atomic mass is 35.5. The van der Waals surface area contributed by atoms with Gasteiger partial charge in [0.25, 0.3) is 0 Å². The maximum Gasteiger partial charge on any atom is 0.175 e. The second kappa shape index (κ2) is 5.73. The van der Waals surface area contributed by atoms with Gasteiger partial charge in [-0.25, -0.2) is 8.42 Å². The molecule has 0 aliphatic carbocycles. The van der Waals surface area contributed by atoms with Crippen LogP contribution in [0, 0.1) is 0 Å². The summed E-state index contributed by atoms with van der Waals surface area (Å²) in [6.07, 6.45) is 1.16. The van der Waals surface area contributed by atoms with Gasteiger partial charge in [0.1, 0.15) is 12.4 Å². The number of hydrogen-bond donors (Lipinski definition) is 1. The van der Waals surface area contributed by atoms with Crippen LogP contribution in [0.25, 0.3) is 0 Å². The molecule has 0 spiro atoms. The molecule has 0 atom stereocenters. The third kappa shape index (κ3) is 3.43. The smallest absolute Gasteiger partial charge is 0.175 e. The first-order valence-corrected chi connectivity index (χ1v) is 8.10. The second-order valence-electron chi connectivity index (χ2n) is 4.34. The zero-order valence-corrected chi connectivity index (χ0v) is 12.4. The fraction of sp³-hybridized carbons (Fsp3) is 0.143. The highest BCUT2D eigenvalue weighted by Crippen LogP contribution is 2.24. The van der Waals surface area contributed by atoms with E-state index in [1.54, 1.807) is 30.3 Å². The molecular weight excluding hydrogens is 298 g/mol. The van der Waals surface area contributed by atoms with Crippen LogP contribution in [0.2, 0.25) is 5.02 Å². The summed E-state index contributed by atoms with van der Waals surface area (Å²) in [5.41, 5.74) is 7.09. The Morgan fingerprint density at radius 3 is 2.35 bits per heavy atom. The van der Waals surface area contributed by atoms with Gasteiger partial charge < -0.3 is 10.5 Å². The van der Waals surface area contributed by atoms with Crippen molar-refractivity contribution in [2.24, 2.45) is 0 Å². The van der Waals surface area contributed by atoms with E-state index in [1.807, 2.05) is 0 Å². The Kier molecular flexibility index (Phi) is 4.20. The van der Waals surface area contributed by atoms with Crippen LogP contribution in [0.1, 0.15) is 5.56 Å². The molecule has 20 heavy (non-hydrogen) atoms. The van der Waals surface area contributed by atoms with Crippen molar-refractivity contribution in [1.29, 1.82) is 0 Å². The van der Waals surface area contributed by atoms with Crippen LogP contribution < -0.4 is 10.5 Å². The molecule has 0 fully saturated rings. The van der Waals surface area contributed by atoms with E-state index in [4.69, 9.17) is 22.1 Å². The molecule has 6 heteroatoms. The number of ether oxygens (including phenoxy) is 1. The highest BCUT2D eigenvalue weighted by Gasteiger charge is 2.08. The maximum absolute atomic E-state index is 11.3. The van der Waals surface area contributed by atoms with Gasteiger partial charge in [0.05, 0.1) is 4.90 Å². The van der Waals surface area contributed by atoms with Crippen molar-refractivity contribution in [3.05, 3.63) is 53.1 Å². The van der Waals surface area contributed by atoms with Gasteiger partial charge in [-0.1, -0.05) is 17.7 Å². The lowest BCUT2D eigenvalue weighted by molar-refractivity contribution is 0.307. The van der Waals surface area contributed by atoms with E-state index in [2.05, 4.69) is 0 Å². The lowest BCUT2D eigenvalue weighted by atomic mass is 10.2. The predicted octanol–water partition coefficient (Wildman–Crippen LogP) is 2.90. The first kappa shape index (κ1) is 14.7. The van der Waals surface area contributed by atoms with Crippen molar-refractivity contribution in [3.8, 4) is 5.75 Å². The number of nitrogen functional groups attached to an aromatic ring is 1. The summed E-state index contributed by atoms with van der Waals surface area (Å²) in [5.74, 6) is 0.553. The minimum absolute atomic E-state index is 0.226. The third-order valence-electron chi connectivity index (χ3n) is 2.79. The Balaban J connectivity index is 2.12. The minimum atomic E-state index is -3.20. The van der Waals surface area contributed by atoms with Crippen LogP contribution in [0.5, 0.6) is 5.75 Å². The number of sulfone groups is 1. The zero-order valence-electron chi connectivity index (χ0n) is 10.8. The van der Waals surface area contributed by atoms with Gasteiger partial charge in [0.15, 0.2) is 9.84 Å². The van der Waals surface area contributed by atoms with Crippen molar-refractivity contribution >= 4 is 27.1 Å². The SMILES string of the molecule is CS(=O)(=O)c1ccc(OCc2c(N)cccc2Cl)cc1. The number of benzene rings is 2. The van der Waals surface area contributed by atoms with E-state index < -0.39 is 9.84 Å². The Bertz CT molecular complexity index is 691. The normalized spacial score (nSPS) is 11.3. The van der Waals surface area contributed by atoms with Crippen LogP contribution in [0.3, 0.4) is 0 Å². The summed E-state index contributed by atoms with van der Waals surface area (Å²) < 4.78 is 28.2. The molecule has 2 aromatic rings. The molecule has 0 amide bonds. The average molecular weight is 312 g/mol. The third-order valence-corrected chi connectivity index (χ3v) is 4.27. The molecule has 2 N–H and O–H groups in total. The summed E-state index contributed by atoms with van der Waals surface area (Å²) in [6.45, 7) is 0.226. The van der Waals surface area contributed by atoms with Gasteiger partial charge >= 0.3 is 0 Å². The van der Waals surface area contributed by atoms with Gasteiger partial charge in [0.2, 0.25) is 0 Å². The van der Waals surface area contributed by atoms with Crippen molar-refractivity contribution in [3.63, 3.8) is 0 Å². The van der Waals surface area contributed by atoms with Gasteiger partial charge in [-0.05, 0) is 36.4 Å². The Morgan fingerprint density at radius 2 is 1.80 bits per heavy atom. The molecular formula is C14H14ClNO3S. The molecule has 0 saturated carbocycles. The van der Waals surface area contributed by atoms with Crippen LogP contribution in [0.4, 0.5) is 5.69 Å². The standard InChI is InChI=1S/C14H14ClNO3S/c1-20(17,18)11-7-5-10(6-8-11)19-9-12-13(15)3-2-4-14(12)16/h2-8H,9,16H2,1H3. The van der Waals surface area contributed by atoms with Crippen LogP contribution in [-0.2, 0) is 16.4 Å². The molecule has 0 radical (unpaired) electrons. The van der Waals surface area contributed by atoms with E-state index in [0.29, 0.717) is 22.0 Å². The molecule has 2 aromatic carbocycles. The van der Waals surface area contributed by atoms with E-state index in [9.17, 15) is 8.42 Å². The van der Waals surface area contributed by atoms with Crippen LogP contribution in [0.15, 0.2) is 47.4 Å². The summed E-state index contributed by atoms with van der Waals surface area (Å²) in [5, 5.41) is 0.540. The molecule has 0 heterocycles. The van der Waals surface area contributed by atoms with Gasteiger partial charge in [-0.2, -0.15) is 0 Å². The Morgan fingerprint density at radius 1 is 1.15 bits per heavy atom. The van der Waals surface area contributed by atoms with Crippen molar-refractivity contribution in [2.75, 3.05) is 12.0 Å². The summed E-state index contributed by atoms with van der Waals surface area (Å²) in [4.78, 5) is 0.252. The molecule has 106 valence electrons. The number of nitrogens with two attached hydrogens (primary N) is 1. The van der Waals surface area contributed by atoms with Gasteiger partial charge in [-0.3, -0.25) is 0 Å². The number of hydrogen-bond acceptors (Lipinski definition) is 4. The molecule has 2 rings (SSSR count). The van der Waals surface area contributed by atoms with Gasteiger partial charge in [0, 0.05) is 22.5 Å².